The number of piperidine rings is 1. The Kier molecular flexibility index (Phi) is 6.75. The third kappa shape index (κ3) is 4.40. The number of nitrogens with two attached hydrogens (primary N) is 1. The van der Waals surface area contributed by atoms with Crippen molar-refractivity contribution in [1.82, 2.24) is 19.8 Å². The molecule has 0 bridgehead atoms. The van der Waals surface area contributed by atoms with E-state index in [1.54, 1.807) is 11.3 Å². The largest absolute Gasteiger partial charge is 0.480 e. The van der Waals surface area contributed by atoms with Crippen molar-refractivity contribution < 1.29 is 9.90 Å². The molecule has 3 N–H and O–H groups in total. The van der Waals surface area contributed by atoms with Crippen LogP contribution in [0.15, 0.2) is 0 Å². The molecule has 0 saturated carbocycles. The van der Waals surface area contributed by atoms with E-state index in [2.05, 4.69) is 9.88 Å². The zero-order chi connectivity index (χ0) is 19.0. The smallest absolute Gasteiger partial charge is 0.317 e. The van der Waals surface area contributed by atoms with Gasteiger partial charge in [0.15, 0.2) is 0 Å². The van der Waals surface area contributed by atoms with Crippen LogP contribution in [0.2, 0.25) is 0 Å². The summed E-state index contributed by atoms with van der Waals surface area (Å²) in [5, 5.41) is 10.0. The number of carboxylic acid groups (broad SMARTS) is 1. The second kappa shape index (κ2) is 8.90. The van der Waals surface area contributed by atoms with Crippen molar-refractivity contribution >= 4 is 45.7 Å². The molecule has 2 aliphatic rings. The summed E-state index contributed by atoms with van der Waals surface area (Å²) in [5.41, 5.74) is 7.70. The van der Waals surface area contributed by atoms with Crippen LogP contribution in [-0.2, 0) is 24.2 Å². The van der Waals surface area contributed by atoms with Gasteiger partial charge in [-0.05, 0) is 51.1 Å². The van der Waals surface area contributed by atoms with Gasteiger partial charge in [0.25, 0.3) is 0 Å². The lowest BCUT2D eigenvalue weighted by Crippen LogP contribution is -2.44. The number of thiophene rings is 1. The number of anilines is 1. The number of likely N-dealkylation sites (tertiary alicyclic amines) is 1. The molecule has 0 radical (unpaired) electrons. The number of hydrogen-bond donors (Lipinski definition) is 2. The van der Waals surface area contributed by atoms with Crippen molar-refractivity contribution in [2.75, 3.05) is 32.4 Å². The van der Waals surface area contributed by atoms with Crippen LogP contribution in [0.25, 0.3) is 10.2 Å². The zero-order valence-corrected chi connectivity index (χ0v) is 17.8. The Bertz CT molecular complexity index is 850. The quantitative estimate of drug-likeness (QED) is 0.759. The highest BCUT2D eigenvalue weighted by Crippen LogP contribution is 2.37. The van der Waals surface area contributed by atoms with Gasteiger partial charge in [0.1, 0.15) is 16.5 Å². The highest BCUT2D eigenvalue weighted by atomic mass is 35.5. The molecule has 1 aliphatic carbocycles. The Balaban J connectivity index is 0.00000225. The summed E-state index contributed by atoms with van der Waals surface area (Å²) in [6.45, 7) is 2.66. The van der Waals surface area contributed by atoms with Gasteiger partial charge < -0.3 is 10.8 Å². The molecule has 9 heteroatoms. The first-order chi connectivity index (χ1) is 13.0. The molecule has 0 atom stereocenters. The van der Waals surface area contributed by atoms with E-state index in [-0.39, 0.29) is 19.0 Å². The minimum Gasteiger partial charge on any atom is -0.480 e. The first kappa shape index (κ1) is 21.2. The van der Waals surface area contributed by atoms with Crippen LogP contribution in [0.1, 0.15) is 41.9 Å². The molecule has 0 amide bonds. The minimum absolute atomic E-state index is 0. The third-order valence-electron chi connectivity index (χ3n) is 5.82. The summed E-state index contributed by atoms with van der Waals surface area (Å²) in [7, 11) is 1.89. The number of halogens is 1. The number of nitrogens with zero attached hydrogens (tertiary/aromatic N) is 4. The SMILES string of the molecule is CN(CC(=O)O)C1CCN(Cc2nc(N)c3c4c(sc3n2)CCCC4)CC1.Cl. The van der Waals surface area contributed by atoms with E-state index in [0.717, 1.165) is 54.8 Å². The lowest BCUT2D eigenvalue weighted by molar-refractivity contribution is -0.138. The molecule has 0 spiro atoms. The number of nitrogen functional groups attached to an aromatic ring is 1. The minimum atomic E-state index is -0.768. The Labute approximate surface area is 175 Å². The highest BCUT2D eigenvalue weighted by molar-refractivity contribution is 7.19. The molecule has 1 saturated heterocycles. The number of carboxylic acids is 1. The molecular weight excluding hydrogens is 398 g/mol. The van der Waals surface area contributed by atoms with Gasteiger partial charge in [0.05, 0.1) is 18.5 Å². The lowest BCUT2D eigenvalue weighted by Gasteiger charge is -2.35. The number of hydrogen-bond acceptors (Lipinski definition) is 7. The van der Waals surface area contributed by atoms with Crippen molar-refractivity contribution in [2.45, 2.75) is 51.1 Å². The summed E-state index contributed by atoms with van der Waals surface area (Å²) in [5.74, 6) is 0.664. The Hall–Kier alpha value is -1.48. The fourth-order valence-electron chi connectivity index (χ4n) is 4.36. The molecule has 2 aromatic heterocycles. The molecule has 7 nitrogen and oxygen atoms in total. The average molecular weight is 426 g/mol. The van der Waals surface area contributed by atoms with Crippen LogP contribution in [-0.4, -0.2) is 63.6 Å². The van der Waals surface area contributed by atoms with Gasteiger partial charge in [-0.25, -0.2) is 9.97 Å². The van der Waals surface area contributed by atoms with E-state index < -0.39 is 5.97 Å². The molecule has 1 aliphatic heterocycles. The monoisotopic (exact) mass is 425 g/mol. The van der Waals surface area contributed by atoms with Crippen LogP contribution < -0.4 is 5.73 Å². The second-order valence-electron chi connectivity index (χ2n) is 7.73. The predicted octanol–water partition coefficient (Wildman–Crippen LogP) is 2.55. The standard InChI is InChI=1S/C19H27N5O2S.ClH/c1-23(11-16(25)26)12-6-8-24(9-7-12)10-15-21-18(20)17-13-4-2-3-5-14(13)27-19(17)22-15;/h12H,2-11H2,1H3,(H,25,26)(H2,20,21,22);1H. The summed E-state index contributed by atoms with van der Waals surface area (Å²) < 4.78 is 0. The molecule has 3 heterocycles. The number of rotatable bonds is 5. The summed E-state index contributed by atoms with van der Waals surface area (Å²) in [6, 6.07) is 0.329. The van der Waals surface area contributed by atoms with Gasteiger partial charge >= 0.3 is 5.97 Å². The van der Waals surface area contributed by atoms with Gasteiger partial charge in [-0.3, -0.25) is 14.6 Å². The Morgan fingerprint density at radius 3 is 2.71 bits per heavy atom. The molecule has 0 aromatic carbocycles. The van der Waals surface area contributed by atoms with Gasteiger partial charge in [-0.2, -0.15) is 0 Å². The van der Waals surface area contributed by atoms with Crippen molar-refractivity contribution in [3.8, 4) is 0 Å². The van der Waals surface area contributed by atoms with Crippen molar-refractivity contribution in [1.29, 1.82) is 0 Å². The van der Waals surface area contributed by atoms with Crippen molar-refractivity contribution in [2.24, 2.45) is 0 Å². The molecule has 0 unspecified atom stereocenters. The third-order valence-corrected chi connectivity index (χ3v) is 7.00. The van der Waals surface area contributed by atoms with Gasteiger partial charge in [-0.1, -0.05) is 0 Å². The van der Waals surface area contributed by atoms with Crippen LogP contribution >= 0.6 is 23.7 Å². The van der Waals surface area contributed by atoms with Crippen LogP contribution in [0.5, 0.6) is 0 Å². The van der Waals surface area contributed by atoms with Crippen LogP contribution in [0, 0.1) is 0 Å². The summed E-state index contributed by atoms with van der Waals surface area (Å²) >= 11 is 1.79. The number of likely N-dealkylation sites (N-methyl/N-ethyl adjacent to an activating group) is 1. The van der Waals surface area contributed by atoms with E-state index in [1.807, 2.05) is 11.9 Å². The summed E-state index contributed by atoms with van der Waals surface area (Å²) in [4.78, 5) is 27.1. The van der Waals surface area contributed by atoms with Crippen LogP contribution in [0.3, 0.4) is 0 Å². The van der Waals surface area contributed by atoms with Gasteiger partial charge in [0.2, 0.25) is 0 Å². The van der Waals surface area contributed by atoms with E-state index >= 15 is 0 Å². The number of aromatic nitrogens is 2. The van der Waals surface area contributed by atoms with E-state index in [4.69, 9.17) is 15.8 Å². The molecule has 154 valence electrons. The fourth-order valence-corrected chi connectivity index (χ4v) is 5.65. The predicted molar refractivity (Wildman–Crippen MR) is 114 cm³/mol. The number of carbonyl (C=O) groups is 1. The lowest BCUT2D eigenvalue weighted by atomic mass is 9.97. The van der Waals surface area contributed by atoms with Gasteiger partial charge in [-0.15, -0.1) is 23.7 Å². The number of aryl methyl sites for hydroxylation is 2. The van der Waals surface area contributed by atoms with Gasteiger partial charge in [0, 0.05) is 24.0 Å². The zero-order valence-electron chi connectivity index (χ0n) is 16.2. The average Bonchev–Trinajstić information content (AvgIpc) is 3.00. The molecule has 2 aromatic rings. The highest BCUT2D eigenvalue weighted by Gasteiger charge is 2.25. The number of fused-ring (bicyclic) bond motifs is 3. The normalized spacial score (nSPS) is 18.2. The Morgan fingerprint density at radius 1 is 1.29 bits per heavy atom. The van der Waals surface area contributed by atoms with Crippen molar-refractivity contribution in [3.05, 3.63) is 16.3 Å². The maximum atomic E-state index is 10.9. The first-order valence-corrected chi connectivity index (χ1v) is 10.5. The van der Waals surface area contributed by atoms with E-state index in [1.165, 1.54) is 23.3 Å². The summed E-state index contributed by atoms with van der Waals surface area (Å²) in [6.07, 6.45) is 6.66. The fraction of sp³-hybridized carbons (Fsp3) is 0.632. The topological polar surface area (TPSA) is 95.6 Å². The van der Waals surface area contributed by atoms with E-state index in [9.17, 15) is 4.79 Å². The van der Waals surface area contributed by atoms with E-state index in [0.29, 0.717) is 18.4 Å². The second-order valence-corrected chi connectivity index (χ2v) is 8.82. The molecule has 4 rings (SSSR count). The van der Waals surface area contributed by atoms with Crippen LogP contribution in [0.4, 0.5) is 5.82 Å². The maximum Gasteiger partial charge on any atom is 0.317 e. The first-order valence-electron chi connectivity index (χ1n) is 9.72. The molecular formula is C19H28ClN5O2S. The Morgan fingerprint density at radius 2 is 2.00 bits per heavy atom. The van der Waals surface area contributed by atoms with Crippen molar-refractivity contribution in [3.63, 3.8) is 0 Å². The number of aliphatic carboxylic acids is 1. The molecule has 28 heavy (non-hydrogen) atoms. The maximum absolute atomic E-state index is 10.9. The molecule has 1 fully saturated rings.